The highest BCUT2D eigenvalue weighted by molar-refractivity contribution is 9.10. The van der Waals surface area contributed by atoms with E-state index in [0.29, 0.717) is 43.1 Å². The molecule has 1 N–H and O–H groups in total. The van der Waals surface area contributed by atoms with Gasteiger partial charge >= 0.3 is 0 Å². The Labute approximate surface area is 148 Å². The maximum atomic E-state index is 12.5. The molecule has 0 unspecified atom stereocenters. The predicted molar refractivity (Wildman–Crippen MR) is 95.3 cm³/mol. The molecule has 0 atom stereocenters. The molecule has 24 heavy (non-hydrogen) atoms. The largest absolute Gasteiger partial charge is 0.378 e. The lowest BCUT2D eigenvalue weighted by Gasteiger charge is -2.27. The van der Waals surface area contributed by atoms with Crippen LogP contribution in [0.25, 0.3) is 0 Å². The number of ether oxygens (including phenoxy) is 1. The minimum atomic E-state index is -0.242. The minimum absolute atomic E-state index is 0.0726. The summed E-state index contributed by atoms with van der Waals surface area (Å²) in [6, 6.07) is 14.1. The first-order chi connectivity index (χ1) is 11.6. The van der Waals surface area contributed by atoms with Crippen molar-refractivity contribution in [3.63, 3.8) is 0 Å². The molecule has 0 spiro atoms. The molecule has 2 amide bonds. The molecule has 1 heterocycles. The third-order valence-electron chi connectivity index (χ3n) is 3.77. The molecule has 0 aromatic heterocycles. The standard InChI is InChI=1S/C18H17BrN2O3/c19-15-4-6-16(7-5-15)20-17(22)13-2-1-3-14(12-13)18(23)21-8-10-24-11-9-21/h1-7,12H,8-11H2,(H,20,22). The van der Waals surface area contributed by atoms with Crippen molar-refractivity contribution in [3.8, 4) is 0 Å². The summed E-state index contributed by atoms with van der Waals surface area (Å²) in [5.74, 6) is -0.314. The van der Waals surface area contributed by atoms with Gasteiger partial charge in [-0.2, -0.15) is 0 Å². The Kier molecular flexibility index (Phi) is 5.27. The number of carbonyl (C=O) groups excluding carboxylic acids is 2. The van der Waals surface area contributed by atoms with Gasteiger partial charge in [0, 0.05) is 34.4 Å². The van der Waals surface area contributed by atoms with Crippen LogP contribution in [0, 0.1) is 0 Å². The van der Waals surface area contributed by atoms with E-state index in [0.717, 1.165) is 4.47 Å². The van der Waals surface area contributed by atoms with E-state index in [1.807, 2.05) is 24.3 Å². The van der Waals surface area contributed by atoms with Crippen molar-refractivity contribution >= 4 is 33.4 Å². The number of hydrogen-bond donors (Lipinski definition) is 1. The average molecular weight is 389 g/mol. The predicted octanol–water partition coefficient (Wildman–Crippen LogP) is 3.17. The summed E-state index contributed by atoms with van der Waals surface area (Å²) >= 11 is 3.36. The number of amides is 2. The lowest BCUT2D eigenvalue weighted by molar-refractivity contribution is 0.0303. The Balaban J connectivity index is 1.73. The highest BCUT2D eigenvalue weighted by atomic mass is 79.9. The monoisotopic (exact) mass is 388 g/mol. The molecule has 2 aromatic carbocycles. The number of benzene rings is 2. The molecule has 6 heteroatoms. The summed E-state index contributed by atoms with van der Waals surface area (Å²) < 4.78 is 6.20. The Bertz CT molecular complexity index is 740. The van der Waals surface area contributed by atoms with Crippen LogP contribution in [0.15, 0.2) is 53.0 Å². The number of nitrogens with one attached hydrogen (secondary N) is 1. The SMILES string of the molecule is O=C(Nc1ccc(Br)cc1)c1cccc(C(=O)N2CCOCC2)c1. The van der Waals surface area contributed by atoms with Gasteiger partial charge in [0.1, 0.15) is 0 Å². The van der Waals surface area contributed by atoms with E-state index in [2.05, 4.69) is 21.2 Å². The third-order valence-corrected chi connectivity index (χ3v) is 4.30. The van der Waals surface area contributed by atoms with E-state index in [9.17, 15) is 9.59 Å². The quantitative estimate of drug-likeness (QED) is 0.878. The maximum Gasteiger partial charge on any atom is 0.255 e. The number of hydrogen-bond acceptors (Lipinski definition) is 3. The number of carbonyl (C=O) groups is 2. The topological polar surface area (TPSA) is 58.6 Å². The van der Waals surface area contributed by atoms with Gasteiger partial charge in [0.15, 0.2) is 0 Å². The van der Waals surface area contributed by atoms with Crippen LogP contribution in [0.3, 0.4) is 0 Å². The first kappa shape index (κ1) is 16.7. The zero-order valence-corrected chi connectivity index (χ0v) is 14.6. The van der Waals surface area contributed by atoms with Gasteiger partial charge in [0.25, 0.3) is 11.8 Å². The van der Waals surface area contributed by atoms with E-state index in [1.165, 1.54) is 0 Å². The second kappa shape index (κ2) is 7.59. The van der Waals surface area contributed by atoms with Crippen molar-refractivity contribution in [2.24, 2.45) is 0 Å². The van der Waals surface area contributed by atoms with Gasteiger partial charge in [-0.1, -0.05) is 22.0 Å². The van der Waals surface area contributed by atoms with Crippen LogP contribution in [0.4, 0.5) is 5.69 Å². The van der Waals surface area contributed by atoms with Crippen LogP contribution in [0.1, 0.15) is 20.7 Å². The highest BCUT2D eigenvalue weighted by Gasteiger charge is 2.19. The molecule has 0 bridgehead atoms. The average Bonchev–Trinajstić information content (AvgIpc) is 2.64. The Morgan fingerprint density at radius 2 is 1.67 bits per heavy atom. The smallest absolute Gasteiger partial charge is 0.255 e. The summed E-state index contributed by atoms with van der Waals surface area (Å²) in [6.07, 6.45) is 0. The number of nitrogens with zero attached hydrogens (tertiary/aromatic N) is 1. The fourth-order valence-electron chi connectivity index (χ4n) is 2.48. The highest BCUT2D eigenvalue weighted by Crippen LogP contribution is 2.16. The number of anilines is 1. The molecule has 0 aliphatic carbocycles. The number of halogens is 1. The van der Waals surface area contributed by atoms with E-state index >= 15 is 0 Å². The lowest BCUT2D eigenvalue weighted by Crippen LogP contribution is -2.40. The molecule has 1 aliphatic heterocycles. The zero-order chi connectivity index (χ0) is 16.9. The van der Waals surface area contributed by atoms with E-state index in [1.54, 1.807) is 29.2 Å². The number of morpholine rings is 1. The van der Waals surface area contributed by atoms with Crippen molar-refractivity contribution in [2.75, 3.05) is 31.6 Å². The van der Waals surface area contributed by atoms with E-state index < -0.39 is 0 Å². The van der Waals surface area contributed by atoms with Gasteiger partial charge in [-0.3, -0.25) is 9.59 Å². The summed E-state index contributed by atoms with van der Waals surface area (Å²) in [4.78, 5) is 26.6. The van der Waals surface area contributed by atoms with Crippen molar-refractivity contribution in [2.45, 2.75) is 0 Å². The third kappa shape index (κ3) is 4.01. The first-order valence-electron chi connectivity index (χ1n) is 7.67. The molecular formula is C18H17BrN2O3. The molecule has 1 saturated heterocycles. The fourth-order valence-corrected chi connectivity index (χ4v) is 2.74. The van der Waals surface area contributed by atoms with Crippen molar-refractivity contribution < 1.29 is 14.3 Å². The van der Waals surface area contributed by atoms with Crippen molar-refractivity contribution in [3.05, 3.63) is 64.1 Å². The Morgan fingerprint density at radius 3 is 2.38 bits per heavy atom. The summed E-state index contributed by atoms with van der Waals surface area (Å²) in [7, 11) is 0. The maximum absolute atomic E-state index is 12.5. The molecule has 1 aliphatic rings. The second-order valence-electron chi connectivity index (χ2n) is 5.45. The normalized spacial score (nSPS) is 14.3. The Morgan fingerprint density at radius 1 is 1.00 bits per heavy atom. The molecule has 0 radical (unpaired) electrons. The van der Waals surface area contributed by atoms with Crippen LogP contribution in [0.2, 0.25) is 0 Å². The molecule has 1 fully saturated rings. The van der Waals surface area contributed by atoms with Crippen molar-refractivity contribution in [1.82, 2.24) is 4.90 Å². The van der Waals surface area contributed by atoms with Crippen LogP contribution >= 0.6 is 15.9 Å². The molecule has 3 rings (SSSR count). The van der Waals surface area contributed by atoms with Gasteiger partial charge in [-0.05, 0) is 42.5 Å². The van der Waals surface area contributed by atoms with Crippen LogP contribution < -0.4 is 5.32 Å². The number of rotatable bonds is 3. The van der Waals surface area contributed by atoms with Crippen molar-refractivity contribution in [1.29, 1.82) is 0 Å². The minimum Gasteiger partial charge on any atom is -0.378 e. The summed E-state index contributed by atoms with van der Waals surface area (Å²) in [6.45, 7) is 2.26. The summed E-state index contributed by atoms with van der Waals surface area (Å²) in [5.41, 5.74) is 1.67. The fraction of sp³-hybridized carbons (Fsp3) is 0.222. The van der Waals surface area contributed by atoms with Gasteiger partial charge in [0.2, 0.25) is 0 Å². The molecule has 2 aromatic rings. The van der Waals surface area contributed by atoms with E-state index in [4.69, 9.17) is 4.74 Å². The Hall–Kier alpha value is -2.18. The molecular weight excluding hydrogens is 372 g/mol. The summed E-state index contributed by atoms with van der Waals surface area (Å²) in [5, 5.41) is 2.83. The van der Waals surface area contributed by atoms with Gasteiger partial charge in [0.05, 0.1) is 13.2 Å². The van der Waals surface area contributed by atoms with Crippen LogP contribution in [-0.2, 0) is 4.74 Å². The molecule has 5 nitrogen and oxygen atoms in total. The zero-order valence-electron chi connectivity index (χ0n) is 13.0. The van der Waals surface area contributed by atoms with Gasteiger partial charge < -0.3 is 15.0 Å². The lowest BCUT2D eigenvalue weighted by atomic mass is 10.1. The van der Waals surface area contributed by atoms with Gasteiger partial charge in [-0.25, -0.2) is 0 Å². The second-order valence-corrected chi connectivity index (χ2v) is 6.36. The van der Waals surface area contributed by atoms with Crippen LogP contribution in [0.5, 0.6) is 0 Å². The van der Waals surface area contributed by atoms with Gasteiger partial charge in [-0.15, -0.1) is 0 Å². The first-order valence-corrected chi connectivity index (χ1v) is 8.47. The van der Waals surface area contributed by atoms with E-state index in [-0.39, 0.29) is 11.8 Å². The molecule has 124 valence electrons. The van der Waals surface area contributed by atoms with Crippen LogP contribution in [-0.4, -0.2) is 43.0 Å². The molecule has 0 saturated carbocycles.